The van der Waals surface area contributed by atoms with Crippen molar-refractivity contribution in [3.63, 3.8) is 0 Å². The molecule has 1 atom stereocenters. The second-order valence-electron chi connectivity index (χ2n) is 5.12. The normalized spacial score (nSPS) is 12.0. The maximum absolute atomic E-state index is 10.9. The number of nitrogens with two attached hydrogens (primary N) is 1. The lowest BCUT2D eigenvalue weighted by atomic mass is 10.1. The number of hydrogen-bond acceptors (Lipinski definition) is 4. The molecule has 0 saturated heterocycles. The van der Waals surface area contributed by atoms with Crippen molar-refractivity contribution in [1.82, 2.24) is 0 Å². The molecule has 0 unspecified atom stereocenters. The molecule has 5 nitrogen and oxygen atoms in total. The predicted octanol–water partition coefficient (Wildman–Crippen LogP) is 4.02. The topological polar surface area (TPSA) is 78.4 Å². The van der Waals surface area contributed by atoms with Crippen molar-refractivity contribution in [3.05, 3.63) is 63.2 Å². The van der Waals surface area contributed by atoms with E-state index in [0.717, 1.165) is 11.1 Å². The highest BCUT2D eigenvalue weighted by molar-refractivity contribution is 5.50. The van der Waals surface area contributed by atoms with Gasteiger partial charge in [-0.15, -0.1) is 0 Å². The van der Waals surface area contributed by atoms with E-state index in [0.29, 0.717) is 17.1 Å². The average molecular weight is 286 g/mol. The maximum atomic E-state index is 10.9. The fourth-order valence-electron chi connectivity index (χ4n) is 2.05. The fraction of sp³-hybridized carbons (Fsp3) is 0.250. The lowest BCUT2D eigenvalue weighted by Crippen LogP contribution is -2.04. The van der Waals surface area contributed by atoms with Gasteiger partial charge in [-0.3, -0.25) is 10.1 Å². The maximum Gasteiger partial charge on any atom is 0.272 e. The van der Waals surface area contributed by atoms with Crippen LogP contribution in [0.15, 0.2) is 36.4 Å². The summed E-state index contributed by atoms with van der Waals surface area (Å²) in [5.41, 5.74) is 8.23. The standard InChI is InChI=1S/C16H18N2O3/c1-10-9-16(11(2)8-15(10)18(19)20)21-14-6-4-13(5-7-14)12(3)17/h4-9,12H,17H2,1-3H3/t12-/m1/s1. The third kappa shape index (κ3) is 3.38. The van der Waals surface area contributed by atoms with E-state index in [1.165, 1.54) is 6.07 Å². The van der Waals surface area contributed by atoms with E-state index in [1.807, 2.05) is 31.2 Å². The molecule has 21 heavy (non-hydrogen) atoms. The van der Waals surface area contributed by atoms with Crippen LogP contribution in [0.1, 0.15) is 29.7 Å². The van der Waals surface area contributed by atoms with Crippen molar-refractivity contribution >= 4 is 5.69 Å². The van der Waals surface area contributed by atoms with Gasteiger partial charge in [0.25, 0.3) is 5.69 Å². The number of ether oxygens (including phenoxy) is 1. The van der Waals surface area contributed by atoms with E-state index in [1.54, 1.807) is 19.9 Å². The molecule has 0 aliphatic rings. The highest BCUT2D eigenvalue weighted by Gasteiger charge is 2.14. The fourth-order valence-corrected chi connectivity index (χ4v) is 2.05. The first-order valence-corrected chi connectivity index (χ1v) is 6.67. The SMILES string of the molecule is Cc1cc([N+](=O)[O-])c(C)cc1Oc1ccc([C@@H](C)N)cc1. The molecule has 0 radical (unpaired) electrons. The molecule has 0 aliphatic heterocycles. The Kier molecular flexibility index (Phi) is 4.23. The van der Waals surface area contributed by atoms with E-state index >= 15 is 0 Å². The minimum atomic E-state index is -0.385. The summed E-state index contributed by atoms with van der Waals surface area (Å²) in [7, 11) is 0. The molecule has 0 aliphatic carbocycles. The summed E-state index contributed by atoms with van der Waals surface area (Å²) in [6.07, 6.45) is 0. The van der Waals surface area contributed by atoms with E-state index in [9.17, 15) is 10.1 Å². The molecule has 0 amide bonds. The van der Waals surface area contributed by atoms with Gasteiger partial charge in [0, 0.05) is 17.7 Å². The lowest BCUT2D eigenvalue weighted by molar-refractivity contribution is -0.385. The van der Waals surface area contributed by atoms with E-state index < -0.39 is 0 Å². The van der Waals surface area contributed by atoms with Crippen LogP contribution in [-0.2, 0) is 0 Å². The molecule has 5 heteroatoms. The second-order valence-corrected chi connectivity index (χ2v) is 5.12. The molecular weight excluding hydrogens is 268 g/mol. The van der Waals surface area contributed by atoms with Gasteiger partial charge in [-0.1, -0.05) is 12.1 Å². The zero-order chi connectivity index (χ0) is 15.6. The number of nitro groups is 1. The molecule has 110 valence electrons. The minimum absolute atomic E-state index is 0.0256. The summed E-state index contributed by atoms with van der Waals surface area (Å²) in [5, 5.41) is 10.9. The van der Waals surface area contributed by atoms with E-state index in [2.05, 4.69) is 0 Å². The Labute approximate surface area is 123 Å². The Hall–Kier alpha value is -2.40. The first kappa shape index (κ1) is 15.0. The highest BCUT2D eigenvalue weighted by Crippen LogP contribution is 2.31. The van der Waals surface area contributed by atoms with Gasteiger partial charge in [-0.2, -0.15) is 0 Å². The largest absolute Gasteiger partial charge is 0.457 e. The second kappa shape index (κ2) is 5.93. The first-order valence-electron chi connectivity index (χ1n) is 6.67. The monoisotopic (exact) mass is 286 g/mol. The average Bonchev–Trinajstić information content (AvgIpc) is 2.42. The number of benzene rings is 2. The molecule has 0 aromatic heterocycles. The molecule has 0 saturated carbocycles. The van der Waals surface area contributed by atoms with Crippen molar-refractivity contribution in [2.75, 3.05) is 0 Å². The first-order chi connectivity index (χ1) is 9.88. The van der Waals surface area contributed by atoms with Crippen LogP contribution >= 0.6 is 0 Å². The van der Waals surface area contributed by atoms with Gasteiger partial charge in [-0.05, 0) is 50.1 Å². The van der Waals surface area contributed by atoms with Crippen molar-refractivity contribution in [1.29, 1.82) is 0 Å². The molecular formula is C16H18N2O3. The van der Waals surface area contributed by atoms with Crippen LogP contribution in [0, 0.1) is 24.0 Å². The Morgan fingerprint density at radius 3 is 2.29 bits per heavy atom. The van der Waals surface area contributed by atoms with Gasteiger partial charge in [-0.25, -0.2) is 0 Å². The molecule has 0 bridgehead atoms. The summed E-state index contributed by atoms with van der Waals surface area (Å²) < 4.78 is 5.80. The van der Waals surface area contributed by atoms with Gasteiger partial charge in [0.15, 0.2) is 0 Å². The molecule has 2 rings (SSSR count). The summed E-state index contributed by atoms with van der Waals surface area (Å²) in [5.74, 6) is 1.29. The Morgan fingerprint density at radius 2 is 1.76 bits per heavy atom. The summed E-state index contributed by atoms with van der Waals surface area (Å²) >= 11 is 0. The number of rotatable bonds is 4. The van der Waals surface area contributed by atoms with Gasteiger partial charge in [0.05, 0.1) is 4.92 Å². The van der Waals surface area contributed by atoms with Gasteiger partial charge < -0.3 is 10.5 Å². The van der Waals surface area contributed by atoms with E-state index in [-0.39, 0.29) is 16.7 Å². The zero-order valence-corrected chi connectivity index (χ0v) is 12.3. The van der Waals surface area contributed by atoms with Crippen LogP contribution in [0.3, 0.4) is 0 Å². The van der Waals surface area contributed by atoms with Crippen LogP contribution < -0.4 is 10.5 Å². The molecule has 0 heterocycles. The predicted molar refractivity (Wildman–Crippen MR) is 81.7 cm³/mol. The third-order valence-corrected chi connectivity index (χ3v) is 3.32. The van der Waals surface area contributed by atoms with Gasteiger partial charge in [0.2, 0.25) is 0 Å². The smallest absolute Gasteiger partial charge is 0.272 e. The van der Waals surface area contributed by atoms with Crippen molar-refractivity contribution in [2.45, 2.75) is 26.8 Å². The Morgan fingerprint density at radius 1 is 1.14 bits per heavy atom. The minimum Gasteiger partial charge on any atom is -0.457 e. The van der Waals surface area contributed by atoms with Crippen molar-refractivity contribution in [2.24, 2.45) is 5.73 Å². The quantitative estimate of drug-likeness (QED) is 0.680. The molecule has 2 aromatic rings. The van der Waals surface area contributed by atoms with Crippen molar-refractivity contribution < 1.29 is 9.66 Å². The Bertz CT molecular complexity index is 664. The Balaban J connectivity index is 2.27. The van der Waals surface area contributed by atoms with Crippen LogP contribution in [0.2, 0.25) is 0 Å². The lowest BCUT2D eigenvalue weighted by Gasteiger charge is -2.11. The van der Waals surface area contributed by atoms with Crippen LogP contribution in [0.5, 0.6) is 11.5 Å². The number of aryl methyl sites for hydroxylation is 2. The van der Waals surface area contributed by atoms with E-state index in [4.69, 9.17) is 10.5 Å². The summed E-state index contributed by atoms with van der Waals surface area (Å²) in [4.78, 5) is 10.5. The highest BCUT2D eigenvalue weighted by atomic mass is 16.6. The third-order valence-electron chi connectivity index (χ3n) is 3.32. The van der Waals surface area contributed by atoms with Gasteiger partial charge >= 0.3 is 0 Å². The number of hydrogen-bond donors (Lipinski definition) is 1. The molecule has 2 aromatic carbocycles. The number of nitrogens with zero attached hydrogens (tertiary/aromatic N) is 1. The van der Waals surface area contributed by atoms with Gasteiger partial charge in [0.1, 0.15) is 11.5 Å². The van der Waals surface area contributed by atoms with Crippen LogP contribution in [0.25, 0.3) is 0 Å². The molecule has 0 spiro atoms. The summed E-state index contributed by atoms with van der Waals surface area (Å²) in [6.45, 7) is 5.40. The van der Waals surface area contributed by atoms with Crippen LogP contribution in [-0.4, -0.2) is 4.92 Å². The molecule has 2 N–H and O–H groups in total. The number of nitro benzene ring substituents is 1. The zero-order valence-electron chi connectivity index (χ0n) is 12.3. The summed E-state index contributed by atoms with van der Waals surface area (Å²) in [6, 6.07) is 10.7. The van der Waals surface area contributed by atoms with Crippen LogP contribution in [0.4, 0.5) is 5.69 Å². The van der Waals surface area contributed by atoms with Crippen molar-refractivity contribution in [3.8, 4) is 11.5 Å². The molecule has 0 fully saturated rings.